The molecule has 2 N–H and O–H groups in total. The standard InChI is InChI=1S/C16H24N2O3/c1-12-3-4-15(14(9-12)10-13(2)17)21-11-16(19)18-5-7-20-8-6-18/h3-4,9,13H,5-8,10-11,17H2,1-2H3. The number of carbonyl (C=O) groups is 1. The van der Waals surface area contributed by atoms with Crippen LogP contribution in [0.5, 0.6) is 5.75 Å². The molecule has 0 spiro atoms. The van der Waals surface area contributed by atoms with Crippen LogP contribution in [0.3, 0.4) is 0 Å². The molecule has 1 aromatic rings. The predicted octanol–water partition coefficient (Wildman–Crippen LogP) is 1.12. The van der Waals surface area contributed by atoms with Crippen LogP contribution in [-0.4, -0.2) is 49.8 Å². The molecule has 1 fully saturated rings. The zero-order valence-electron chi connectivity index (χ0n) is 12.8. The van der Waals surface area contributed by atoms with Crippen molar-refractivity contribution in [2.24, 2.45) is 5.73 Å². The first-order valence-electron chi connectivity index (χ1n) is 7.39. The van der Waals surface area contributed by atoms with E-state index in [2.05, 4.69) is 6.07 Å². The molecular weight excluding hydrogens is 268 g/mol. The van der Waals surface area contributed by atoms with E-state index in [1.165, 1.54) is 0 Å². The van der Waals surface area contributed by atoms with E-state index in [1.54, 1.807) is 4.90 Å². The molecule has 2 rings (SSSR count). The van der Waals surface area contributed by atoms with Gasteiger partial charge in [-0.2, -0.15) is 0 Å². The number of hydrogen-bond acceptors (Lipinski definition) is 4. The molecule has 0 aromatic heterocycles. The third-order valence-corrected chi connectivity index (χ3v) is 3.47. The number of amides is 1. The Morgan fingerprint density at radius 2 is 2.14 bits per heavy atom. The minimum atomic E-state index is 0.00521. The van der Waals surface area contributed by atoms with Gasteiger partial charge in [-0.25, -0.2) is 0 Å². The summed E-state index contributed by atoms with van der Waals surface area (Å²) in [5.74, 6) is 0.755. The Morgan fingerprint density at radius 1 is 1.43 bits per heavy atom. The summed E-state index contributed by atoms with van der Waals surface area (Å²) in [5, 5.41) is 0. The fraction of sp³-hybridized carbons (Fsp3) is 0.562. The summed E-state index contributed by atoms with van der Waals surface area (Å²) in [5.41, 5.74) is 8.09. The minimum absolute atomic E-state index is 0.00521. The van der Waals surface area contributed by atoms with E-state index in [4.69, 9.17) is 15.2 Å². The normalized spacial score (nSPS) is 16.6. The van der Waals surface area contributed by atoms with E-state index >= 15 is 0 Å². The Hall–Kier alpha value is -1.59. The molecule has 21 heavy (non-hydrogen) atoms. The van der Waals surface area contributed by atoms with Crippen molar-refractivity contribution in [3.05, 3.63) is 29.3 Å². The van der Waals surface area contributed by atoms with Crippen LogP contribution in [0.4, 0.5) is 0 Å². The SMILES string of the molecule is Cc1ccc(OCC(=O)N2CCOCC2)c(CC(C)N)c1. The topological polar surface area (TPSA) is 64.8 Å². The second-order valence-corrected chi connectivity index (χ2v) is 5.57. The number of rotatable bonds is 5. The van der Waals surface area contributed by atoms with Crippen LogP contribution in [0.25, 0.3) is 0 Å². The van der Waals surface area contributed by atoms with Crippen molar-refractivity contribution in [1.82, 2.24) is 4.90 Å². The maximum atomic E-state index is 12.1. The highest BCUT2D eigenvalue weighted by molar-refractivity contribution is 5.77. The molecule has 0 bridgehead atoms. The molecule has 1 atom stereocenters. The van der Waals surface area contributed by atoms with Gasteiger partial charge in [0.05, 0.1) is 13.2 Å². The zero-order chi connectivity index (χ0) is 15.2. The van der Waals surface area contributed by atoms with Gasteiger partial charge >= 0.3 is 0 Å². The van der Waals surface area contributed by atoms with E-state index in [0.717, 1.165) is 23.3 Å². The van der Waals surface area contributed by atoms with Gasteiger partial charge in [0, 0.05) is 19.1 Å². The monoisotopic (exact) mass is 292 g/mol. The van der Waals surface area contributed by atoms with Gasteiger partial charge in [-0.05, 0) is 31.9 Å². The second-order valence-electron chi connectivity index (χ2n) is 5.57. The van der Waals surface area contributed by atoms with Gasteiger partial charge in [-0.15, -0.1) is 0 Å². The fourth-order valence-corrected chi connectivity index (χ4v) is 2.40. The van der Waals surface area contributed by atoms with Crippen molar-refractivity contribution in [1.29, 1.82) is 0 Å². The van der Waals surface area contributed by atoms with E-state index in [-0.39, 0.29) is 18.6 Å². The van der Waals surface area contributed by atoms with Gasteiger partial charge in [0.15, 0.2) is 6.61 Å². The molecule has 1 unspecified atom stereocenters. The molecule has 1 amide bonds. The Labute approximate surface area is 126 Å². The van der Waals surface area contributed by atoms with Crippen molar-refractivity contribution < 1.29 is 14.3 Å². The van der Waals surface area contributed by atoms with Gasteiger partial charge in [-0.1, -0.05) is 17.7 Å². The second kappa shape index (κ2) is 7.43. The summed E-state index contributed by atoms with van der Waals surface area (Å²) in [6.07, 6.45) is 0.739. The van der Waals surface area contributed by atoms with Gasteiger partial charge < -0.3 is 20.1 Å². The molecule has 0 saturated carbocycles. The van der Waals surface area contributed by atoms with E-state index < -0.39 is 0 Å². The van der Waals surface area contributed by atoms with Crippen molar-refractivity contribution in [2.75, 3.05) is 32.9 Å². The largest absolute Gasteiger partial charge is 0.483 e. The maximum Gasteiger partial charge on any atom is 0.260 e. The fourth-order valence-electron chi connectivity index (χ4n) is 2.40. The molecule has 0 radical (unpaired) electrons. The third-order valence-electron chi connectivity index (χ3n) is 3.47. The number of nitrogens with zero attached hydrogens (tertiary/aromatic N) is 1. The number of carbonyl (C=O) groups excluding carboxylic acids is 1. The summed E-state index contributed by atoms with van der Waals surface area (Å²) >= 11 is 0. The smallest absolute Gasteiger partial charge is 0.260 e. The summed E-state index contributed by atoms with van der Waals surface area (Å²) in [6.45, 7) is 6.55. The Morgan fingerprint density at radius 3 is 2.81 bits per heavy atom. The van der Waals surface area contributed by atoms with Crippen LogP contribution >= 0.6 is 0 Å². The van der Waals surface area contributed by atoms with Crippen molar-refractivity contribution >= 4 is 5.91 Å². The lowest BCUT2D eigenvalue weighted by molar-refractivity contribution is -0.137. The highest BCUT2D eigenvalue weighted by Crippen LogP contribution is 2.21. The molecule has 1 aliphatic rings. The number of aryl methyl sites for hydroxylation is 1. The van der Waals surface area contributed by atoms with Crippen molar-refractivity contribution in [2.45, 2.75) is 26.3 Å². The van der Waals surface area contributed by atoms with Gasteiger partial charge in [0.1, 0.15) is 5.75 Å². The van der Waals surface area contributed by atoms with Crippen LogP contribution < -0.4 is 10.5 Å². The van der Waals surface area contributed by atoms with Crippen LogP contribution in [-0.2, 0) is 16.0 Å². The molecular formula is C16H24N2O3. The summed E-state index contributed by atoms with van der Waals surface area (Å²) < 4.78 is 11.0. The Kier molecular flexibility index (Phi) is 5.59. The van der Waals surface area contributed by atoms with E-state index in [1.807, 2.05) is 26.0 Å². The number of benzene rings is 1. The van der Waals surface area contributed by atoms with Crippen molar-refractivity contribution in [3.8, 4) is 5.75 Å². The minimum Gasteiger partial charge on any atom is -0.483 e. The number of hydrogen-bond donors (Lipinski definition) is 1. The highest BCUT2D eigenvalue weighted by atomic mass is 16.5. The average Bonchev–Trinajstić information content (AvgIpc) is 2.46. The lowest BCUT2D eigenvalue weighted by Gasteiger charge is -2.27. The van der Waals surface area contributed by atoms with Gasteiger partial charge in [0.2, 0.25) is 0 Å². The molecule has 1 heterocycles. The first kappa shape index (κ1) is 15.8. The molecule has 5 nitrogen and oxygen atoms in total. The predicted molar refractivity (Wildman–Crippen MR) is 81.4 cm³/mol. The Balaban J connectivity index is 1.97. The molecule has 1 aromatic carbocycles. The number of ether oxygens (including phenoxy) is 2. The van der Waals surface area contributed by atoms with Crippen molar-refractivity contribution in [3.63, 3.8) is 0 Å². The third kappa shape index (κ3) is 4.72. The summed E-state index contributed by atoms with van der Waals surface area (Å²) in [4.78, 5) is 13.9. The maximum absolute atomic E-state index is 12.1. The lowest BCUT2D eigenvalue weighted by Crippen LogP contribution is -2.43. The highest BCUT2D eigenvalue weighted by Gasteiger charge is 2.17. The molecule has 1 aliphatic heterocycles. The molecule has 5 heteroatoms. The number of nitrogens with two attached hydrogens (primary N) is 1. The average molecular weight is 292 g/mol. The quantitative estimate of drug-likeness (QED) is 0.883. The first-order valence-corrected chi connectivity index (χ1v) is 7.39. The summed E-state index contributed by atoms with van der Waals surface area (Å²) in [6, 6.07) is 6.03. The van der Waals surface area contributed by atoms with E-state index in [9.17, 15) is 4.79 Å². The lowest BCUT2D eigenvalue weighted by atomic mass is 10.0. The molecule has 1 saturated heterocycles. The zero-order valence-corrected chi connectivity index (χ0v) is 12.8. The number of morpholine rings is 1. The Bertz CT molecular complexity index is 482. The van der Waals surface area contributed by atoms with E-state index in [0.29, 0.717) is 26.3 Å². The van der Waals surface area contributed by atoms with Crippen LogP contribution in [0, 0.1) is 6.92 Å². The summed E-state index contributed by atoms with van der Waals surface area (Å²) in [7, 11) is 0. The van der Waals surface area contributed by atoms with Crippen LogP contribution in [0.1, 0.15) is 18.1 Å². The van der Waals surface area contributed by atoms with Crippen LogP contribution in [0.2, 0.25) is 0 Å². The van der Waals surface area contributed by atoms with Gasteiger partial charge in [0.25, 0.3) is 5.91 Å². The molecule has 116 valence electrons. The van der Waals surface area contributed by atoms with Crippen LogP contribution in [0.15, 0.2) is 18.2 Å². The first-order chi connectivity index (χ1) is 10.1. The van der Waals surface area contributed by atoms with Gasteiger partial charge in [-0.3, -0.25) is 4.79 Å². The molecule has 0 aliphatic carbocycles.